The lowest BCUT2D eigenvalue weighted by Gasteiger charge is -2.22. The molecule has 0 aliphatic carbocycles. The van der Waals surface area contributed by atoms with Gasteiger partial charge in [-0.1, -0.05) is 40.9 Å². The Morgan fingerprint density at radius 2 is 1.79 bits per heavy atom. The second-order valence-corrected chi connectivity index (χ2v) is 8.84. The second kappa shape index (κ2) is 9.75. The van der Waals surface area contributed by atoms with E-state index in [0.717, 1.165) is 6.07 Å². The van der Waals surface area contributed by atoms with E-state index in [1.807, 2.05) is 0 Å². The molecule has 174 valence electrons. The van der Waals surface area contributed by atoms with Gasteiger partial charge in [-0.05, 0) is 52.0 Å². The lowest BCUT2D eigenvalue weighted by atomic mass is 9.95. The van der Waals surface area contributed by atoms with Gasteiger partial charge >= 0.3 is 5.97 Å². The van der Waals surface area contributed by atoms with Gasteiger partial charge in [0.15, 0.2) is 0 Å². The minimum atomic E-state index is -1.45. The predicted molar refractivity (Wildman–Crippen MR) is 130 cm³/mol. The van der Waals surface area contributed by atoms with E-state index in [9.17, 15) is 14.7 Å². The standard InChI is InChI=1S/C24H21Cl3FNO4/c1-5-29-12(4)20(14-9-19(33-11(2)3)17(27)10-18(14)28)23(30)21(24(31)32)22(29)13-6-7-15(25)16(26)8-13/h6-11H,5H2,1-4H3,(H,31,32). The lowest BCUT2D eigenvalue weighted by molar-refractivity contribution is 0.0695. The summed E-state index contributed by atoms with van der Waals surface area (Å²) in [6.45, 7) is 7.29. The minimum absolute atomic E-state index is 0.0457. The highest BCUT2D eigenvalue weighted by molar-refractivity contribution is 6.42. The van der Waals surface area contributed by atoms with Crippen LogP contribution < -0.4 is 10.2 Å². The zero-order valence-corrected chi connectivity index (χ0v) is 20.6. The van der Waals surface area contributed by atoms with Crippen molar-refractivity contribution in [1.82, 2.24) is 4.57 Å². The molecule has 0 aliphatic heterocycles. The van der Waals surface area contributed by atoms with Crippen LogP contribution in [0, 0.1) is 12.7 Å². The summed E-state index contributed by atoms with van der Waals surface area (Å²) in [5.41, 5.74) is -0.577. The van der Waals surface area contributed by atoms with Gasteiger partial charge in [-0.15, -0.1) is 0 Å². The summed E-state index contributed by atoms with van der Waals surface area (Å²) < 4.78 is 22.3. The number of aromatic nitrogens is 1. The molecule has 0 unspecified atom stereocenters. The molecule has 3 aromatic rings. The van der Waals surface area contributed by atoms with Crippen molar-refractivity contribution in [1.29, 1.82) is 0 Å². The van der Waals surface area contributed by atoms with Crippen LogP contribution in [0.15, 0.2) is 35.1 Å². The van der Waals surface area contributed by atoms with Gasteiger partial charge in [0.05, 0.1) is 32.4 Å². The number of carbonyl (C=O) groups is 1. The number of rotatable bonds is 6. The van der Waals surface area contributed by atoms with Gasteiger partial charge in [-0.3, -0.25) is 4.79 Å². The van der Waals surface area contributed by atoms with Gasteiger partial charge in [0, 0.05) is 23.4 Å². The highest BCUT2D eigenvalue weighted by atomic mass is 35.5. The number of carboxylic acid groups (broad SMARTS) is 1. The molecule has 0 bridgehead atoms. The first-order valence-corrected chi connectivity index (χ1v) is 11.2. The zero-order chi connectivity index (χ0) is 24.6. The molecule has 0 spiro atoms. The Kier molecular flexibility index (Phi) is 7.42. The molecule has 0 saturated heterocycles. The molecule has 33 heavy (non-hydrogen) atoms. The maximum atomic E-state index is 15.0. The summed E-state index contributed by atoms with van der Waals surface area (Å²) >= 11 is 18.3. The van der Waals surface area contributed by atoms with Crippen molar-refractivity contribution in [2.45, 2.75) is 40.3 Å². The Balaban J connectivity index is 2.44. The van der Waals surface area contributed by atoms with Gasteiger partial charge < -0.3 is 14.4 Å². The molecule has 1 N–H and O–H groups in total. The Bertz CT molecular complexity index is 1320. The van der Waals surface area contributed by atoms with Crippen LogP contribution in [0.25, 0.3) is 22.4 Å². The number of halogens is 4. The molecule has 1 aromatic heterocycles. The Labute approximate surface area is 205 Å². The summed E-state index contributed by atoms with van der Waals surface area (Å²) in [5.74, 6) is -2.02. The molecule has 0 amide bonds. The molecule has 0 saturated carbocycles. The smallest absolute Gasteiger partial charge is 0.341 e. The number of hydrogen-bond donors (Lipinski definition) is 1. The molecular weight excluding hydrogens is 492 g/mol. The number of carboxylic acids is 1. The SMILES string of the molecule is CCn1c(C)c(-c2cc(OC(C)C)c(Cl)cc2F)c(=O)c(C(=O)O)c1-c1ccc(Cl)c(Cl)c1. The van der Waals surface area contributed by atoms with Crippen LogP contribution in [0.2, 0.25) is 15.1 Å². The molecular formula is C24H21Cl3FNO4. The van der Waals surface area contributed by atoms with Crippen LogP contribution in [0.3, 0.4) is 0 Å². The first kappa shape index (κ1) is 25.1. The van der Waals surface area contributed by atoms with Crippen molar-refractivity contribution in [3.63, 3.8) is 0 Å². The maximum absolute atomic E-state index is 15.0. The number of nitrogens with zero attached hydrogens (tertiary/aromatic N) is 1. The molecule has 0 aliphatic rings. The third-order valence-corrected chi connectivity index (χ3v) is 6.14. The number of hydrogen-bond acceptors (Lipinski definition) is 3. The largest absolute Gasteiger partial charge is 0.489 e. The van der Waals surface area contributed by atoms with Crippen molar-refractivity contribution in [2.75, 3.05) is 0 Å². The van der Waals surface area contributed by atoms with Gasteiger partial charge in [-0.25, -0.2) is 9.18 Å². The lowest BCUT2D eigenvalue weighted by Crippen LogP contribution is -2.25. The van der Waals surface area contributed by atoms with E-state index in [-0.39, 0.29) is 43.7 Å². The molecule has 3 rings (SSSR count). The quantitative estimate of drug-likeness (QED) is 0.383. The first-order valence-electron chi connectivity index (χ1n) is 10.1. The van der Waals surface area contributed by atoms with Crippen LogP contribution in [0.4, 0.5) is 4.39 Å². The summed E-state index contributed by atoms with van der Waals surface area (Å²) in [7, 11) is 0. The first-order chi connectivity index (χ1) is 15.5. The molecule has 0 radical (unpaired) electrons. The number of pyridine rings is 1. The average molecular weight is 513 g/mol. The fraction of sp³-hybridized carbons (Fsp3) is 0.250. The van der Waals surface area contributed by atoms with E-state index in [1.54, 1.807) is 38.3 Å². The number of ether oxygens (including phenoxy) is 1. The van der Waals surface area contributed by atoms with Crippen LogP contribution in [0.1, 0.15) is 36.8 Å². The van der Waals surface area contributed by atoms with Crippen molar-refractivity contribution in [2.24, 2.45) is 0 Å². The molecule has 2 aromatic carbocycles. The van der Waals surface area contributed by atoms with Gasteiger partial charge in [-0.2, -0.15) is 0 Å². The third-order valence-electron chi connectivity index (χ3n) is 5.10. The normalized spacial score (nSPS) is 11.2. The fourth-order valence-electron chi connectivity index (χ4n) is 3.75. The van der Waals surface area contributed by atoms with Crippen LogP contribution in [-0.2, 0) is 6.54 Å². The average Bonchev–Trinajstić information content (AvgIpc) is 2.72. The highest BCUT2D eigenvalue weighted by Crippen LogP contribution is 2.37. The number of benzene rings is 2. The van der Waals surface area contributed by atoms with Gasteiger partial charge in [0.2, 0.25) is 5.43 Å². The Morgan fingerprint density at radius 1 is 1.12 bits per heavy atom. The fourth-order valence-corrected chi connectivity index (χ4v) is 4.25. The van der Waals surface area contributed by atoms with E-state index in [4.69, 9.17) is 39.5 Å². The van der Waals surface area contributed by atoms with Crippen molar-refractivity contribution >= 4 is 40.8 Å². The van der Waals surface area contributed by atoms with Crippen LogP contribution >= 0.6 is 34.8 Å². The predicted octanol–water partition coefficient (Wildman–Crippen LogP) is 7.10. The van der Waals surface area contributed by atoms with Crippen molar-refractivity contribution in [3.8, 4) is 28.1 Å². The van der Waals surface area contributed by atoms with E-state index >= 15 is 4.39 Å². The highest BCUT2D eigenvalue weighted by Gasteiger charge is 2.27. The zero-order valence-electron chi connectivity index (χ0n) is 18.3. The van der Waals surface area contributed by atoms with Crippen LogP contribution in [-0.4, -0.2) is 21.7 Å². The summed E-state index contributed by atoms with van der Waals surface area (Å²) in [4.78, 5) is 25.8. The minimum Gasteiger partial charge on any atom is -0.489 e. The third kappa shape index (κ3) is 4.74. The van der Waals surface area contributed by atoms with E-state index in [0.29, 0.717) is 17.8 Å². The summed E-state index contributed by atoms with van der Waals surface area (Å²) in [6, 6.07) is 6.97. The Hall–Kier alpha value is -2.54. The van der Waals surface area contributed by atoms with Crippen molar-refractivity contribution < 1.29 is 19.0 Å². The monoisotopic (exact) mass is 511 g/mol. The molecule has 5 nitrogen and oxygen atoms in total. The molecule has 1 heterocycles. The second-order valence-electron chi connectivity index (χ2n) is 7.62. The van der Waals surface area contributed by atoms with Gasteiger partial charge in [0.25, 0.3) is 0 Å². The summed E-state index contributed by atoms with van der Waals surface area (Å²) in [6.07, 6.45) is -0.249. The molecule has 0 atom stereocenters. The Morgan fingerprint density at radius 3 is 2.33 bits per heavy atom. The van der Waals surface area contributed by atoms with Gasteiger partial charge in [0.1, 0.15) is 17.1 Å². The summed E-state index contributed by atoms with van der Waals surface area (Å²) in [5, 5.41) is 10.5. The molecule has 9 heteroatoms. The maximum Gasteiger partial charge on any atom is 0.341 e. The van der Waals surface area contributed by atoms with E-state index in [2.05, 4.69) is 0 Å². The van der Waals surface area contributed by atoms with Crippen molar-refractivity contribution in [3.05, 3.63) is 72.7 Å². The number of aromatic carboxylic acids is 1. The van der Waals surface area contributed by atoms with Crippen LogP contribution in [0.5, 0.6) is 5.75 Å². The topological polar surface area (TPSA) is 68.5 Å². The van der Waals surface area contributed by atoms with E-state index in [1.165, 1.54) is 18.2 Å². The molecule has 0 fully saturated rings. The van der Waals surface area contributed by atoms with E-state index < -0.39 is 22.8 Å².